The Balaban J connectivity index is 1.94. The Labute approximate surface area is 107 Å². The summed E-state index contributed by atoms with van der Waals surface area (Å²) in [6.45, 7) is 5.51. The monoisotopic (exact) mass is 246 g/mol. The Hall–Kier alpha value is -1.77. The van der Waals surface area contributed by atoms with Crippen molar-refractivity contribution in [3.63, 3.8) is 0 Å². The second-order valence-corrected chi connectivity index (χ2v) is 4.81. The van der Waals surface area contributed by atoms with Crippen LogP contribution < -0.4 is 4.74 Å². The van der Waals surface area contributed by atoms with Crippen molar-refractivity contribution in [2.24, 2.45) is 0 Å². The normalized spacial score (nSPS) is 16.5. The second-order valence-electron chi connectivity index (χ2n) is 4.81. The van der Waals surface area contributed by atoms with Crippen molar-refractivity contribution in [1.29, 1.82) is 0 Å². The first-order valence-electron chi connectivity index (χ1n) is 6.18. The number of hydrogen-bond acceptors (Lipinski definition) is 3. The summed E-state index contributed by atoms with van der Waals surface area (Å²) in [5.41, 5.74) is 0.0797. The van der Waals surface area contributed by atoms with E-state index < -0.39 is 0 Å². The van der Waals surface area contributed by atoms with Crippen LogP contribution in [0, 0.1) is 0 Å². The third kappa shape index (κ3) is 2.92. The van der Waals surface area contributed by atoms with Gasteiger partial charge in [-0.05, 0) is 38.3 Å². The Kier molecular flexibility index (Phi) is 3.70. The van der Waals surface area contributed by atoms with Crippen LogP contribution in [0.4, 0.5) is 0 Å². The summed E-state index contributed by atoms with van der Waals surface area (Å²) in [7, 11) is 0. The topological polar surface area (TPSA) is 35.5 Å². The quantitative estimate of drug-likeness (QED) is 0.591. The lowest BCUT2D eigenvalue weighted by atomic mass is 9.80. The Morgan fingerprint density at radius 2 is 2.00 bits per heavy atom. The van der Waals surface area contributed by atoms with Crippen molar-refractivity contribution >= 4 is 5.97 Å². The number of benzene rings is 1. The molecule has 3 nitrogen and oxygen atoms in total. The molecule has 0 heterocycles. The fourth-order valence-corrected chi connectivity index (χ4v) is 1.91. The standard InChI is InChI=1S/C15H18O3/c1-12(2)14(16)17-11-15(9-6-10-15)18-13-7-4-3-5-8-13/h3-5,7-8H,1,6,9-11H2,2H3. The number of para-hydroxylation sites is 1. The molecule has 18 heavy (non-hydrogen) atoms. The molecule has 2 rings (SSSR count). The summed E-state index contributed by atoms with van der Waals surface area (Å²) in [5, 5.41) is 0. The van der Waals surface area contributed by atoms with E-state index in [9.17, 15) is 4.79 Å². The highest BCUT2D eigenvalue weighted by Gasteiger charge is 2.41. The third-order valence-electron chi connectivity index (χ3n) is 3.16. The summed E-state index contributed by atoms with van der Waals surface area (Å²) in [5.74, 6) is 0.474. The van der Waals surface area contributed by atoms with E-state index in [1.165, 1.54) is 0 Å². The average Bonchev–Trinajstić information content (AvgIpc) is 2.33. The van der Waals surface area contributed by atoms with Crippen LogP contribution >= 0.6 is 0 Å². The summed E-state index contributed by atoms with van der Waals surface area (Å²) < 4.78 is 11.2. The lowest BCUT2D eigenvalue weighted by Gasteiger charge is -2.41. The van der Waals surface area contributed by atoms with Gasteiger partial charge in [0.1, 0.15) is 18.0 Å². The van der Waals surface area contributed by atoms with E-state index in [0.717, 1.165) is 25.0 Å². The molecule has 0 N–H and O–H groups in total. The number of esters is 1. The molecule has 96 valence electrons. The highest BCUT2D eigenvalue weighted by Crippen LogP contribution is 2.37. The van der Waals surface area contributed by atoms with Crippen molar-refractivity contribution in [2.75, 3.05) is 6.61 Å². The molecule has 1 aliphatic rings. The summed E-state index contributed by atoms with van der Waals surface area (Å²) in [6.07, 6.45) is 2.95. The summed E-state index contributed by atoms with van der Waals surface area (Å²) in [6, 6.07) is 9.64. The zero-order chi connectivity index (χ0) is 13.0. The molecule has 1 saturated carbocycles. The van der Waals surface area contributed by atoms with Gasteiger partial charge >= 0.3 is 5.97 Å². The Morgan fingerprint density at radius 3 is 2.50 bits per heavy atom. The lowest BCUT2D eigenvalue weighted by Crippen LogP contribution is -2.48. The molecule has 1 aliphatic carbocycles. The van der Waals surface area contributed by atoms with Gasteiger partial charge in [-0.25, -0.2) is 4.79 Å². The third-order valence-corrected chi connectivity index (χ3v) is 3.16. The second kappa shape index (κ2) is 5.25. The maximum Gasteiger partial charge on any atom is 0.333 e. The molecule has 1 aromatic rings. The van der Waals surface area contributed by atoms with Crippen molar-refractivity contribution in [3.8, 4) is 5.75 Å². The van der Waals surface area contributed by atoms with Gasteiger partial charge < -0.3 is 9.47 Å². The van der Waals surface area contributed by atoms with Gasteiger partial charge in [-0.3, -0.25) is 0 Å². The molecule has 1 aromatic carbocycles. The number of rotatable bonds is 5. The first-order chi connectivity index (χ1) is 8.61. The highest BCUT2D eigenvalue weighted by molar-refractivity contribution is 5.86. The Morgan fingerprint density at radius 1 is 1.33 bits per heavy atom. The van der Waals surface area contributed by atoms with Crippen molar-refractivity contribution in [3.05, 3.63) is 42.5 Å². The summed E-state index contributed by atoms with van der Waals surface area (Å²) >= 11 is 0. The average molecular weight is 246 g/mol. The van der Waals surface area contributed by atoms with Crippen LogP contribution in [0.25, 0.3) is 0 Å². The molecule has 0 radical (unpaired) electrons. The number of carbonyl (C=O) groups is 1. The van der Waals surface area contributed by atoms with E-state index in [1.54, 1.807) is 6.92 Å². The molecule has 0 spiro atoms. The van der Waals surface area contributed by atoms with Crippen molar-refractivity contribution < 1.29 is 14.3 Å². The van der Waals surface area contributed by atoms with Crippen LogP contribution in [0.1, 0.15) is 26.2 Å². The number of hydrogen-bond donors (Lipinski definition) is 0. The fourth-order valence-electron chi connectivity index (χ4n) is 1.91. The largest absolute Gasteiger partial charge is 0.484 e. The van der Waals surface area contributed by atoms with Crippen LogP contribution in [0.5, 0.6) is 5.75 Å². The molecule has 1 fully saturated rings. The van der Waals surface area contributed by atoms with Gasteiger partial charge in [-0.1, -0.05) is 24.8 Å². The van der Waals surface area contributed by atoms with Gasteiger partial charge in [0, 0.05) is 5.57 Å². The molecule has 0 atom stereocenters. The van der Waals surface area contributed by atoms with Crippen LogP contribution in [0.15, 0.2) is 42.5 Å². The van der Waals surface area contributed by atoms with E-state index in [-0.39, 0.29) is 11.6 Å². The van der Waals surface area contributed by atoms with Crippen molar-refractivity contribution in [1.82, 2.24) is 0 Å². The minimum atomic E-state index is -0.349. The molecule has 0 saturated heterocycles. The smallest absolute Gasteiger partial charge is 0.333 e. The Bertz CT molecular complexity index is 432. The van der Waals surface area contributed by atoms with Gasteiger partial charge in [0.15, 0.2) is 0 Å². The first kappa shape index (κ1) is 12.7. The van der Waals surface area contributed by atoms with Crippen LogP contribution in [0.2, 0.25) is 0 Å². The minimum Gasteiger partial charge on any atom is -0.484 e. The number of carbonyl (C=O) groups excluding carboxylic acids is 1. The number of ether oxygens (including phenoxy) is 2. The molecular weight excluding hydrogens is 228 g/mol. The minimum absolute atomic E-state index is 0.299. The zero-order valence-electron chi connectivity index (χ0n) is 10.6. The van der Waals surface area contributed by atoms with Gasteiger partial charge in [0.25, 0.3) is 0 Å². The molecule has 0 unspecified atom stereocenters. The summed E-state index contributed by atoms with van der Waals surface area (Å²) in [4.78, 5) is 11.4. The zero-order valence-corrected chi connectivity index (χ0v) is 10.6. The van der Waals surface area contributed by atoms with Gasteiger partial charge in [-0.2, -0.15) is 0 Å². The van der Waals surface area contributed by atoms with E-state index in [2.05, 4.69) is 6.58 Å². The van der Waals surface area contributed by atoms with Crippen LogP contribution in [0.3, 0.4) is 0 Å². The van der Waals surface area contributed by atoms with Gasteiger partial charge in [-0.15, -0.1) is 0 Å². The van der Waals surface area contributed by atoms with Gasteiger partial charge in [0.2, 0.25) is 0 Å². The van der Waals surface area contributed by atoms with E-state index >= 15 is 0 Å². The predicted molar refractivity (Wildman–Crippen MR) is 69.4 cm³/mol. The van der Waals surface area contributed by atoms with Crippen molar-refractivity contribution in [2.45, 2.75) is 31.8 Å². The highest BCUT2D eigenvalue weighted by atomic mass is 16.6. The molecule has 0 amide bonds. The fraction of sp³-hybridized carbons (Fsp3) is 0.400. The molecule has 0 aliphatic heterocycles. The molecule has 0 bridgehead atoms. The van der Waals surface area contributed by atoms with Gasteiger partial charge in [0.05, 0.1) is 0 Å². The molecule has 0 aromatic heterocycles. The molecular formula is C15H18O3. The predicted octanol–water partition coefficient (Wildman–Crippen LogP) is 3.11. The van der Waals surface area contributed by atoms with Crippen LogP contribution in [-0.4, -0.2) is 18.2 Å². The van der Waals surface area contributed by atoms with E-state index in [1.807, 2.05) is 30.3 Å². The molecule has 3 heteroatoms. The first-order valence-corrected chi connectivity index (χ1v) is 6.18. The van der Waals surface area contributed by atoms with E-state index in [0.29, 0.717) is 12.2 Å². The SMILES string of the molecule is C=C(C)C(=O)OCC1(Oc2ccccc2)CCC1. The maximum absolute atomic E-state index is 11.4. The lowest BCUT2D eigenvalue weighted by molar-refractivity contribution is -0.149. The van der Waals surface area contributed by atoms with E-state index in [4.69, 9.17) is 9.47 Å². The van der Waals surface area contributed by atoms with Crippen LogP contribution in [-0.2, 0) is 9.53 Å². The maximum atomic E-state index is 11.4.